The number of nitrogens with zero attached hydrogens (tertiary/aromatic N) is 2. The van der Waals surface area contributed by atoms with Crippen molar-refractivity contribution in [3.63, 3.8) is 0 Å². The third-order valence-corrected chi connectivity index (χ3v) is 7.42. The first-order valence-electron chi connectivity index (χ1n) is 16.9. The van der Waals surface area contributed by atoms with Gasteiger partial charge in [-0.05, 0) is 77.8 Å². The molecule has 0 aliphatic heterocycles. The van der Waals surface area contributed by atoms with Gasteiger partial charge in [0.2, 0.25) is 0 Å². The van der Waals surface area contributed by atoms with Gasteiger partial charge in [0.25, 0.3) is 0 Å². The third kappa shape index (κ3) is 27.3. The van der Waals surface area contributed by atoms with Crippen molar-refractivity contribution < 1.29 is 5.11 Å². The van der Waals surface area contributed by atoms with Crippen molar-refractivity contribution in [1.82, 2.24) is 25.8 Å². The van der Waals surface area contributed by atoms with Crippen LogP contribution in [0.15, 0.2) is 0 Å². The van der Waals surface area contributed by atoms with Crippen LogP contribution < -0.4 is 16.0 Å². The van der Waals surface area contributed by atoms with Gasteiger partial charge in [0.1, 0.15) is 0 Å². The van der Waals surface area contributed by atoms with Gasteiger partial charge < -0.3 is 26.0 Å². The number of nitrogens with one attached hydrogen (secondary N) is 3. The SMILES string of the molecule is CCCCCCNCCN(CCNCCCC)CC(O)CN(CCCCCC)CCCCCNCCCC. The van der Waals surface area contributed by atoms with Crippen LogP contribution >= 0.6 is 0 Å². The minimum Gasteiger partial charge on any atom is -0.390 e. The topological polar surface area (TPSA) is 62.8 Å². The van der Waals surface area contributed by atoms with Gasteiger partial charge in [0.05, 0.1) is 6.10 Å². The summed E-state index contributed by atoms with van der Waals surface area (Å²) < 4.78 is 0. The molecule has 0 aromatic rings. The van der Waals surface area contributed by atoms with E-state index >= 15 is 0 Å². The van der Waals surface area contributed by atoms with E-state index in [9.17, 15) is 5.11 Å². The lowest BCUT2D eigenvalue weighted by Gasteiger charge is -2.29. The second-order valence-corrected chi connectivity index (χ2v) is 11.4. The molecule has 6 heteroatoms. The van der Waals surface area contributed by atoms with Gasteiger partial charge in [0, 0.05) is 39.3 Å². The second kappa shape index (κ2) is 31.3. The van der Waals surface area contributed by atoms with E-state index in [-0.39, 0.29) is 6.10 Å². The maximum absolute atomic E-state index is 11.1. The molecule has 4 N–H and O–H groups in total. The first-order chi connectivity index (χ1) is 18.7. The minimum absolute atomic E-state index is 0.280. The van der Waals surface area contributed by atoms with E-state index < -0.39 is 0 Å². The molecule has 0 saturated heterocycles. The van der Waals surface area contributed by atoms with E-state index in [0.717, 1.165) is 78.5 Å². The molecule has 1 atom stereocenters. The summed E-state index contributed by atoms with van der Waals surface area (Å²) in [5, 5.41) is 21.9. The summed E-state index contributed by atoms with van der Waals surface area (Å²) in [4.78, 5) is 5.02. The Morgan fingerprint density at radius 1 is 0.421 bits per heavy atom. The van der Waals surface area contributed by atoms with Crippen molar-refractivity contribution in [3.8, 4) is 0 Å². The molecule has 0 radical (unpaired) electrons. The van der Waals surface area contributed by atoms with Crippen LogP contribution in [0.5, 0.6) is 0 Å². The molecular formula is C32H71N5O. The summed E-state index contributed by atoms with van der Waals surface area (Å²) in [5.74, 6) is 0. The molecule has 0 fully saturated rings. The molecule has 6 nitrogen and oxygen atoms in total. The molecule has 1 unspecified atom stereocenters. The summed E-state index contributed by atoms with van der Waals surface area (Å²) in [6, 6.07) is 0. The molecular weight excluding hydrogens is 470 g/mol. The minimum atomic E-state index is -0.280. The first-order valence-corrected chi connectivity index (χ1v) is 16.9. The quantitative estimate of drug-likeness (QED) is 0.0826. The Balaban J connectivity index is 4.55. The highest BCUT2D eigenvalue weighted by atomic mass is 16.3. The Bertz CT molecular complexity index is 440. The van der Waals surface area contributed by atoms with Gasteiger partial charge in [-0.1, -0.05) is 85.5 Å². The fourth-order valence-electron chi connectivity index (χ4n) is 4.90. The fraction of sp³-hybridized carbons (Fsp3) is 1.00. The molecule has 0 aliphatic carbocycles. The zero-order valence-corrected chi connectivity index (χ0v) is 26.5. The summed E-state index contributed by atoms with van der Waals surface area (Å²) in [6.45, 7) is 21.5. The Morgan fingerprint density at radius 3 is 1.26 bits per heavy atom. The number of unbranched alkanes of at least 4 members (excludes halogenated alkanes) is 10. The summed E-state index contributed by atoms with van der Waals surface area (Å²) in [6.07, 6.45) is 18.9. The van der Waals surface area contributed by atoms with Gasteiger partial charge in [-0.2, -0.15) is 0 Å². The van der Waals surface area contributed by atoms with E-state index in [0.29, 0.717) is 0 Å². The molecule has 0 spiro atoms. The molecule has 0 heterocycles. The van der Waals surface area contributed by atoms with E-state index in [2.05, 4.69) is 53.4 Å². The van der Waals surface area contributed by atoms with Crippen LogP contribution in [-0.4, -0.2) is 99.5 Å². The maximum atomic E-state index is 11.1. The average molecular weight is 542 g/mol. The molecule has 38 heavy (non-hydrogen) atoms. The van der Waals surface area contributed by atoms with Crippen LogP contribution in [0, 0.1) is 0 Å². The van der Waals surface area contributed by atoms with E-state index in [1.54, 1.807) is 0 Å². The van der Waals surface area contributed by atoms with Crippen LogP contribution in [0.4, 0.5) is 0 Å². The van der Waals surface area contributed by atoms with Gasteiger partial charge in [-0.25, -0.2) is 0 Å². The van der Waals surface area contributed by atoms with Crippen LogP contribution in [0.25, 0.3) is 0 Å². The zero-order valence-electron chi connectivity index (χ0n) is 26.5. The lowest BCUT2D eigenvalue weighted by atomic mass is 10.1. The predicted molar refractivity (Wildman–Crippen MR) is 169 cm³/mol. The normalized spacial score (nSPS) is 12.7. The molecule has 0 aliphatic rings. The van der Waals surface area contributed by atoms with Crippen molar-refractivity contribution >= 4 is 0 Å². The molecule has 230 valence electrons. The maximum Gasteiger partial charge on any atom is 0.0793 e. The molecule has 0 aromatic heterocycles. The zero-order chi connectivity index (χ0) is 27.9. The van der Waals surface area contributed by atoms with Crippen LogP contribution in [0.2, 0.25) is 0 Å². The van der Waals surface area contributed by atoms with Crippen molar-refractivity contribution in [2.45, 2.75) is 130 Å². The Kier molecular flexibility index (Phi) is 31.1. The Morgan fingerprint density at radius 2 is 0.789 bits per heavy atom. The smallest absolute Gasteiger partial charge is 0.0793 e. The number of hydrogen-bond donors (Lipinski definition) is 4. The van der Waals surface area contributed by atoms with Crippen molar-refractivity contribution in [2.75, 3.05) is 78.5 Å². The van der Waals surface area contributed by atoms with Crippen molar-refractivity contribution in [3.05, 3.63) is 0 Å². The molecule has 0 rings (SSSR count). The highest BCUT2D eigenvalue weighted by Gasteiger charge is 2.15. The van der Waals surface area contributed by atoms with E-state index in [1.165, 1.54) is 96.3 Å². The highest BCUT2D eigenvalue weighted by molar-refractivity contribution is 4.72. The second-order valence-electron chi connectivity index (χ2n) is 11.4. The van der Waals surface area contributed by atoms with E-state index in [4.69, 9.17) is 0 Å². The summed E-state index contributed by atoms with van der Waals surface area (Å²) in [7, 11) is 0. The highest BCUT2D eigenvalue weighted by Crippen LogP contribution is 2.06. The lowest BCUT2D eigenvalue weighted by Crippen LogP contribution is -2.45. The average Bonchev–Trinajstić information content (AvgIpc) is 2.91. The molecule has 0 saturated carbocycles. The predicted octanol–water partition coefficient (Wildman–Crippen LogP) is 5.65. The summed E-state index contributed by atoms with van der Waals surface area (Å²) >= 11 is 0. The van der Waals surface area contributed by atoms with Gasteiger partial charge in [0.15, 0.2) is 0 Å². The third-order valence-electron chi connectivity index (χ3n) is 7.42. The number of rotatable bonds is 32. The standard InChI is InChI=1S/C32H71N5O/c1-5-9-13-16-23-35-25-29-37(28-24-34-21-12-8-4)31-32(38)30-36(26-18-14-10-6-2)27-19-15-17-22-33-20-11-7-3/h32-35,38H,5-31H2,1-4H3. The number of aliphatic hydroxyl groups excluding tert-OH is 1. The van der Waals surface area contributed by atoms with Gasteiger partial charge >= 0.3 is 0 Å². The molecule has 0 aromatic carbocycles. The number of aliphatic hydroxyl groups is 1. The van der Waals surface area contributed by atoms with Gasteiger partial charge in [-0.15, -0.1) is 0 Å². The van der Waals surface area contributed by atoms with Crippen LogP contribution in [0.1, 0.15) is 124 Å². The van der Waals surface area contributed by atoms with Crippen LogP contribution in [-0.2, 0) is 0 Å². The molecule has 0 bridgehead atoms. The largest absolute Gasteiger partial charge is 0.390 e. The molecule has 0 amide bonds. The number of hydrogen-bond acceptors (Lipinski definition) is 6. The lowest BCUT2D eigenvalue weighted by molar-refractivity contribution is 0.0726. The van der Waals surface area contributed by atoms with E-state index in [1.807, 2.05) is 0 Å². The Hall–Kier alpha value is -0.240. The van der Waals surface area contributed by atoms with Crippen molar-refractivity contribution in [1.29, 1.82) is 0 Å². The van der Waals surface area contributed by atoms with Crippen molar-refractivity contribution in [2.24, 2.45) is 0 Å². The summed E-state index contributed by atoms with van der Waals surface area (Å²) in [5.41, 5.74) is 0. The van der Waals surface area contributed by atoms with Crippen LogP contribution in [0.3, 0.4) is 0 Å². The monoisotopic (exact) mass is 542 g/mol. The van der Waals surface area contributed by atoms with Gasteiger partial charge in [-0.3, -0.25) is 4.90 Å². The fourth-order valence-corrected chi connectivity index (χ4v) is 4.90. The Labute approximate surface area is 239 Å². The first kappa shape index (κ1) is 37.8.